The lowest BCUT2D eigenvalue weighted by Crippen LogP contribution is -2.25. The van der Waals surface area contributed by atoms with E-state index < -0.39 is 0 Å². The van der Waals surface area contributed by atoms with Gasteiger partial charge in [0, 0.05) is 6.54 Å². The molecule has 1 fully saturated rings. The van der Waals surface area contributed by atoms with Crippen molar-refractivity contribution < 1.29 is 9.84 Å². The Hall–Kier alpha value is -1.06. The topological polar surface area (TPSA) is 32.7 Å². The van der Waals surface area contributed by atoms with Crippen LogP contribution in [-0.2, 0) is 6.42 Å². The number of aliphatic hydroxyl groups excluding tert-OH is 1. The standard InChI is InChI=1S/C16H23NO2/c18-16-5-3-4-13-6-7-14(12-15(13)16)19-11-10-17-8-1-2-9-17/h6-7,12,16,18H,1-5,8-11H2. The molecule has 1 aromatic rings. The van der Waals surface area contributed by atoms with Crippen LogP contribution in [0.15, 0.2) is 18.2 Å². The summed E-state index contributed by atoms with van der Waals surface area (Å²) in [6.45, 7) is 4.19. The molecule has 0 amide bonds. The van der Waals surface area contributed by atoms with Crippen LogP contribution in [0.1, 0.15) is 42.9 Å². The Morgan fingerprint density at radius 2 is 2.05 bits per heavy atom. The van der Waals surface area contributed by atoms with Crippen molar-refractivity contribution in [3.63, 3.8) is 0 Å². The third kappa shape index (κ3) is 3.10. The zero-order valence-electron chi connectivity index (χ0n) is 11.5. The third-order valence-corrected chi connectivity index (χ3v) is 4.27. The lowest BCUT2D eigenvalue weighted by molar-refractivity contribution is 0.155. The highest BCUT2D eigenvalue weighted by Crippen LogP contribution is 2.32. The second-order valence-electron chi connectivity index (χ2n) is 5.67. The van der Waals surface area contributed by atoms with Crippen molar-refractivity contribution in [2.24, 2.45) is 0 Å². The first kappa shape index (κ1) is 12.9. The highest BCUT2D eigenvalue weighted by molar-refractivity contribution is 5.38. The van der Waals surface area contributed by atoms with Gasteiger partial charge in [0.15, 0.2) is 0 Å². The molecule has 1 N–H and O–H groups in total. The molecule has 1 saturated heterocycles. The molecule has 0 saturated carbocycles. The molecule has 0 aromatic heterocycles. The number of likely N-dealkylation sites (tertiary alicyclic amines) is 1. The Balaban J connectivity index is 1.57. The smallest absolute Gasteiger partial charge is 0.119 e. The number of ether oxygens (including phenoxy) is 1. The lowest BCUT2D eigenvalue weighted by atomic mass is 9.89. The molecule has 3 heteroatoms. The fourth-order valence-corrected chi connectivity index (χ4v) is 3.14. The van der Waals surface area contributed by atoms with E-state index in [1.165, 1.54) is 31.5 Å². The first-order chi connectivity index (χ1) is 9.33. The van der Waals surface area contributed by atoms with E-state index in [9.17, 15) is 5.11 Å². The number of aryl methyl sites for hydroxylation is 1. The summed E-state index contributed by atoms with van der Waals surface area (Å²) in [7, 11) is 0. The Labute approximate surface area is 115 Å². The molecule has 0 bridgehead atoms. The van der Waals surface area contributed by atoms with Crippen molar-refractivity contribution in [2.45, 2.75) is 38.2 Å². The molecule has 0 spiro atoms. The summed E-state index contributed by atoms with van der Waals surface area (Å²) in [5, 5.41) is 10.0. The molecule has 1 heterocycles. The van der Waals surface area contributed by atoms with Gasteiger partial charge >= 0.3 is 0 Å². The predicted octanol–water partition coefficient (Wildman–Crippen LogP) is 2.53. The molecule has 0 radical (unpaired) electrons. The summed E-state index contributed by atoms with van der Waals surface area (Å²) in [5.41, 5.74) is 2.36. The zero-order valence-corrected chi connectivity index (χ0v) is 11.5. The molecule has 1 atom stereocenters. The molecule has 1 aliphatic carbocycles. The quantitative estimate of drug-likeness (QED) is 0.904. The minimum atomic E-state index is -0.300. The van der Waals surface area contributed by atoms with Crippen molar-refractivity contribution in [1.82, 2.24) is 4.90 Å². The first-order valence-electron chi connectivity index (χ1n) is 7.49. The fraction of sp³-hybridized carbons (Fsp3) is 0.625. The van der Waals surface area contributed by atoms with Crippen LogP contribution in [0.3, 0.4) is 0 Å². The number of benzene rings is 1. The summed E-state index contributed by atoms with van der Waals surface area (Å²) in [4.78, 5) is 2.45. The minimum Gasteiger partial charge on any atom is -0.492 e. The van der Waals surface area contributed by atoms with Gasteiger partial charge in [0.05, 0.1) is 6.10 Å². The maximum absolute atomic E-state index is 10.0. The van der Waals surface area contributed by atoms with Gasteiger partial charge in [0.2, 0.25) is 0 Å². The van der Waals surface area contributed by atoms with Gasteiger partial charge in [0.1, 0.15) is 12.4 Å². The van der Waals surface area contributed by atoms with Crippen LogP contribution in [0.5, 0.6) is 5.75 Å². The van der Waals surface area contributed by atoms with Gasteiger partial charge in [-0.3, -0.25) is 4.90 Å². The molecular weight excluding hydrogens is 238 g/mol. The Kier molecular flexibility index (Phi) is 4.04. The average molecular weight is 261 g/mol. The van der Waals surface area contributed by atoms with Gasteiger partial charge in [-0.25, -0.2) is 0 Å². The summed E-state index contributed by atoms with van der Waals surface area (Å²) >= 11 is 0. The summed E-state index contributed by atoms with van der Waals surface area (Å²) in [6, 6.07) is 6.19. The van der Waals surface area contributed by atoms with Gasteiger partial charge in [-0.1, -0.05) is 6.07 Å². The summed E-state index contributed by atoms with van der Waals surface area (Å²) in [5.74, 6) is 0.902. The van der Waals surface area contributed by atoms with E-state index in [-0.39, 0.29) is 6.10 Å². The highest BCUT2D eigenvalue weighted by atomic mass is 16.5. The zero-order chi connectivity index (χ0) is 13.1. The van der Waals surface area contributed by atoms with E-state index in [1.807, 2.05) is 12.1 Å². The number of nitrogens with zero attached hydrogens (tertiary/aromatic N) is 1. The molecule has 2 aliphatic rings. The number of fused-ring (bicyclic) bond motifs is 1. The van der Waals surface area contributed by atoms with E-state index in [4.69, 9.17) is 4.74 Å². The van der Waals surface area contributed by atoms with E-state index in [0.717, 1.165) is 43.7 Å². The molecule has 19 heavy (non-hydrogen) atoms. The average Bonchev–Trinajstić information content (AvgIpc) is 2.93. The van der Waals surface area contributed by atoms with Crippen LogP contribution in [0.4, 0.5) is 0 Å². The van der Waals surface area contributed by atoms with Crippen molar-refractivity contribution in [3.8, 4) is 5.75 Å². The largest absolute Gasteiger partial charge is 0.492 e. The van der Waals surface area contributed by atoms with Gasteiger partial charge in [-0.05, 0) is 68.5 Å². The Morgan fingerprint density at radius 3 is 2.89 bits per heavy atom. The molecule has 1 unspecified atom stereocenters. The van der Waals surface area contributed by atoms with Crippen molar-refractivity contribution in [3.05, 3.63) is 29.3 Å². The molecule has 1 aliphatic heterocycles. The van der Waals surface area contributed by atoms with E-state index in [0.29, 0.717) is 0 Å². The molecule has 1 aromatic carbocycles. The lowest BCUT2D eigenvalue weighted by Gasteiger charge is -2.22. The van der Waals surface area contributed by atoms with Crippen LogP contribution in [0.2, 0.25) is 0 Å². The van der Waals surface area contributed by atoms with Crippen molar-refractivity contribution >= 4 is 0 Å². The molecule has 3 nitrogen and oxygen atoms in total. The summed E-state index contributed by atoms with van der Waals surface area (Å²) in [6.07, 6.45) is 5.40. The minimum absolute atomic E-state index is 0.300. The van der Waals surface area contributed by atoms with Crippen LogP contribution >= 0.6 is 0 Å². The Morgan fingerprint density at radius 1 is 1.21 bits per heavy atom. The number of aliphatic hydroxyl groups is 1. The first-order valence-corrected chi connectivity index (χ1v) is 7.49. The van der Waals surface area contributed by atoms with Gasteiger partial charge in [-0.2, -0.15) is 0 Å². The van der Waals surface area contributed by atoms with Gasteiger partial charge < -0.3 is 9.84 Å². The monoisotopic (exact) mass is 261 g/mol. The van der Waals surface area contributed by atoms with E-state index >= 15 is 0 Å². The number of hydrogen-bond donors (Lipinski definition) is 1. The third-order valence-electron chi connectivity index (χ3n) is 4.27. The number of hydrogen-bond acceptors (Lipinski definition) is 3. The van der Waals surface area contributed by atoms with Crippen molar-refractivity contribution in [1.29, 1.82) is 0 Å². The fourth-order valence-electron chi connectivity index (χ4n) is 3.14. The second-order valence-corrected chi connectivity index (χ2v) is 5.67. The van der Waals surface area contributed by atoms with Crippen LogP contribution in [-0.4, -0.2) is 36.2 Å². The van der Waals surface area contributed by atoms with E-state index in [2.05, 4.69) is 11.0 Å². The van der Waals surface area contributed by atoms with Gasteiger partial charge in [-0.15, -0.1) is 0 Å². The van der Waals surface area contributed by atoms with Crippen molar-refractivity contribution in [2.75, 3.05) is 26.2 Å². The maximum atomic E-state index is 10.0. The Bertz CT molecular complexity index is 427. The summed E-state index contributed by atoms with van der Waals surface area (Å²) < 4.78 is 5.83. The van der Waals surface area contributed by atoms with Crippen LogP contribution in [0.25, 0.3) is 0 Å². The van der Waals surface area contributed by atoms with Crippen LogP contribution < -0.4 is 4.74 Å². The molecular formula is C16H23NO2. The predicted molar refractivity (Wildman–Crippen MR) is 75.5 cm³/mol. The maximum Gasteiger partial charge on any atom is 0.119 e. The second kappa shape index (κ2) is 5.93. The normalized spacial score (nSPS) is 23.3. The van der Waals surface area contributed by atoms with Gasteiger partial charge in [0.25, 0.3) is 0 Å². The SMILES string of the molecule is OC1CCCc2ccc(OCCN3CCCC3)cc21. The molecule has 3 rings (SSSR count). The van der Waals surface area contributed by atoms with Crippen LogP contribution in [0, 0.1) is 0 Å². The van der Waals surface area contributed by atoms with E-state index in [1.54, 1.807) is 0 Å². The number of rotatable bonds is 4. The highest BCUT2D eigenvalue weighted by Gasteiger charge is 2.18. The molecule has 104 valence electrons.